The Morgan fingerprint density at radius 1 is 1.17 bits per heavy atom. The minimum Gasteiger partial charge on any atom is -0.494 e. The van der Waals surface area contributed by atoms with Gasteiger partial charge in [-0.05, 0) is 43.3 Å². The summed E-state index contributed by atoms with van der Waals surface area (Å²) in [5.74, 6) is 0.780. The molecule has 0 saturated heterocycles. The molecule has 2 aromatic carbocycles. The molecule has 0 aliphatic rings. The van der Waals surface area contributed by atoms with Crippen LogP contribution >= 0.6 is 0 Å². The molecule has 0 fully saturated rings. The van der Waals surface area contributed by atoms with Crippen LogP contribution in [0.15, 0.2) is 54.9 Å². The molecular formula is C18H19N3O2. The molecule has 0 unspecified atom stereocenters. The van der Waals surface area contributed by atoms with E-state index in [1.165, 1.54) is 0 Å². The number of hydrogen-bond acceptors (Lipinski definition) is 3. The Hall–Kier alpha value is -2.82. The van der Waals surface area contributed by atoms with Gasteiger partial charge in [-0.3, -0.25) is 4.79 Å². The van der Waals surface area contributed by atoms with Crippen molar-refractivity contribution in [3.05, 3.63) is 54.9 Å². The summed E-state index contributed by atoms with van der Waals surface area (Å²) in [5.41, 5.74) is 2.76. The fraction of sp³-hybridized carbons (Fsp3) is 0.222. The maximum Gasteiger partial charge on any atom is 0.226 e. The number of aryl methyl sites for hydroxylation is 1. The lowest BCUT2D eigenvalue weighted by molar-refractivity contribution is -0.116. The number of ether oxygens (including phenoxy) is 1. The third kappa shape index (κ3) is 3.69. The van der Waals surface area contributed by atoms with Gasteiger partial charge in [0, 0.05) is 18.7 Å². The van der Waals surface area contributed by atoms with Crippen molar-refractivity contribution in [1.82, 2.24) is 9.55 Å². The van der Waals surface area contributed by atoms with Crippen LogP contribution in [0.4, 0.5) is 5.69 Å². The number of anilines is 1. The number of carbonyl (C=O) groups is 1. The largest absolute Gasteiger partial charge is 0.494 e. The number of carbonyl (C=O) groups excluding carboxylic acids is 1. The van der Waals surface area contributed by atoms with Crippen molar-refractivity contribution in [1.29, 1.82) is 0 Å². The first-order valence-electron chi connectivity index (χ1n) is 7.69. The Labute approximate surface area is 134 Å². The third-order valence-electron chi connectivity index (χ3n) is 3.56. The van der Waals surface area contributed by atoms with E-state index in [9.17, 15) is 4.79 Å². The number of para-hydroxylation sites is 2. The van der Waals surface area contributed by atoms with Crippen molar-refractivity contribution in [3.63, 3.8) is 0 Å². The van der Waals surface area contributed by atoms with E-state index in [1.54, 1.807) is 6.33 Å². The Morgan fingerprint density at radius 2 is 1.96 bits per heavy atom. The fourth-order valence-corrected chi connectivity index (χ4v) is 2.44. The van der Waals surface area contributed by atoms with Gasteiger partial charge in [0.15, 0.2) is 0 Å². The van der Waals surface area contributed by atoms with E-state index in [2.05, 4.69) is 10.3 Å². The fourth-order valence-electron chi connectivity index (χ4n) is 2.44. The molecule has 0 bridgehead atoms. The van der Waals surface area contributed by atoms with Gasteiger partial charge in [-0.1, -0.05) is 12.1 Å². The summed E-state index contributed by atoms with van der Waals surface area (Å²) in [6, 6.07) is 15.3. The van der Waals surface area contributed by atoms with E-state index in [0.717, 1.165) is 22.5 Å². The highest BCUT2D eigenvalue weighted by atomic mass is 16.5. The number of rotatable bonds is 6. The van der Waals surface area contributed by atoms with Crippen LogP contribution in [0.1, 0.15) is 13.3 Å². The summed E-state index contributed by atoms with van der Waals surface area (Å²) in [4.78, 5) is 16.4. The quantitative estimate of drug-likeness (QED) is 0.758. The minimum atomic E-state index is -0.0214. The summed E-state index contributed by atoms with van der Waals surface area (Å²) >= 11 is 0. The van der Waals surface area contributed by atoms with Gasteiger partial charge in [0.2, 0.25) is 5.91 Å². The van der Waals surface area contributed by atoms with Gasteiger partial charge in [0.1, 0.15) is 5.75 Å². The van der Waals surface area contributed by atoms with Crippen LogP contribution in [0, 0.1) is 0 Å². The number of hydrogen-bond donors (Lipinski definition) is 1. The van der Waals surface area contributed by atoms with Crippen molar-refractivity contribution >= 4 is 22.6 Å². The minimum absolute atomic E-state index is 0.0214. The number of nitrogens with one attached hydrogen (secondary N) is 1. The van der Waals surface area contributed by atoms with Crippen molar-refractivity contribution < 1.29 is 9.53 Å². The Bertz CT molecular complexity index is 793. The molecule has 0 aliphatic heterocycles. The van der Waals surface area contributed by atoms with Crippen LogP contribution in [0.2, 0.25) is 0 Å². The monoisotopic (exact) mass is 309 g/mol. The van der Waals surface area contributed by atoms with E-state index in [-0.39, 0.29) is 5.91 Å². The van der Waals surface area contributed by atoms with E-state index in [1.807, 2.05) is 60.0 Å². The van der Waals surface area contributed by atoms with Crippen LogP contribution in [0.3, 0.4) is 0 Å². The summed E-state index contributed by atoms with van der Waals surface area (Å²) in [5, 5.41) is 2.89. The SMILES string of the molecule is CCOc1ccc(NC(=O)CCn2cnc3ccccc32)cc1. The van der Waals surface area contributed by atoms with Gasteiger partial charge in [-0.25, -0.2) is 4.98 Å². The molecule has 23 heavy (non-hydrogen) atoms. The van der Waals surface area contributed by atoms with E-state index >= 15 is 0 Å². The molecule has 0 aliphatic carbocycles. The highest BCUT2D eigenvalue weighted by Crippen LogP contribution is 2.16. The lowest BCUT2D eigenvalue weighted by Crippen LogP contribution is -2.14. The number of imidazole rings is 1. The molecule has 0 atom stereocenters. The number of nitrogens with zero attached hydrogens (tertiary/aromatic N) is 2. The van der Waals surface area contributed by atoms with E-state index in [0.29, 0.717) is 19.6 Å². The molecule has 1 aromatic heterocycles. The van der Waals surface area contributed by atoms with Gasteiger partial charge in [-0.2, -0.15) is 0 Å². The van der Waals surface area contributed by atoms with Gasteiger partial charge in [-0.15, -0.1) is 0 Å². The molecular weight excluding hydrogens is 290 g/mol. The average molecular weight is 309 g/mol. The molecule has 0 radical (unpaired) electrons. The Morgan fingerprint density at radius 3 is 2.74 bits per heavy atom. The Kier molecular flexibility index (Phi) is 4.57. The molecule has 1 heterocycles. The predicted molar refractivity (Wildman–Crippen MR) is 90.6 cm³/mol. The van der Waals surface area contributed by atoms with E-state index < -0.39 is 0 Å². The average Bonchev–Trinajstić information content (AvgIpc) is 2.98. The zero-order chi connectivity index (χ0) is 16.1. The van der Waals surface area contributed by atoms with Gasteiger partial charge in [0.25, 0.3) is 0 Å². The predicted octanol–water partition coefficient (Wildman–Crippen LogP) is 3.46. The lowest BCUT2D eigenvalue weighted by atomic mass is 10.3. The van der Waals surface area contributed by atoms with Crippen LogP contribution in [0.25, 0.3) is 11.0 Å². The summed E-state index contributed by atoms with van der Waals surface area (Å²) in [6.45, 7) is 3.17. The number of amides is 1. The molecule has 0 saturated carbocycles. The first-order valence-corrected chi connectivity index (χ1v) is 7.69. The first kappa shape index (κ1) is 15.1. The zero-order valence-electron chi connectivity index (χ0n) is 13.0. The molecule has 3 aromatic rings. The number of fused-ring (bicyclic) bond motifs is 1. The van der Waals surface area contributed by atoms with Crippen LogP contribution in [-0.4, -0.2) is 22.1 Å². The van der Waals surface area contributed by atoms with Crippen molar-refractivity contribution in [2.45, 2.75) is 19.9 Å². The second kappa shape index (κ2) is 6.96. The van der Waals surface area contributed by atoms with Gasteiger partial charge >= 0.3 is 0 Å². The summed E-state index contributed by atoms with van der Waals surface area (Å²) in [6.07, 6.45) is 2.17. The third-order valence-corrected chi connectivity index (χ3v) is 3.56. The van der Waals surface area contributed by atoms with E-state index in [4.69, 9.17) is 4.74 Å². The standard InChI is InChI=1S/C18H19N3O2/c1-2-23-15-9-7-14(8-10-15)20-18(22)11-12-21-13-19-16-5-3-4-6-17(16)21/h3-10,13H,2,11-12H2,1H3,(H,20,22). The molecule has 5 nitrogen and oxygen atoms in total. The molecule has 118 valence electrons. The number of aromatic nitrogens is 2. The molecule has 1 N–H and O–H groups in total. The molecule has 0 spiro atoms. The topological polar surface area (TPSA) is 56.1 Å². The normalized spacial score (nSPS) is 10.7. The molecule has 3 rings (SSSR count). The summed E-state index contributed by atoms with van der Waals surface area (Å²) in [7, 11) is 0. The first-order chi connectivity index (χ1) is 11.3. The van der Waals surface area contributed by atoms with Crippen LogP contribution < -0.4 is 10.1 Å². The number of benzene rings is 2. The zero-order valence-corrected chi connectivity index (χ0v) is 13.0. The van der Waals surface area contributed by atoms with Crippen molar-refractivity contribution in [2.75, 3.05) is 11.9 Å². The van der Waals surface area contributed by atoms with Crippen LogP contribution in [-0.2, 0) is 11.3 Å². The second-order valence-corrected chi connectivity index (χ2v) is 5.18. The maximum absolute atomic E-state index is 12.1. The van der Waals surface area contributed by atoms with Crippen molar-refractivity contribution in [2.24, 2.45) is 0 Å². The smallest absolute Gasteiger partial charge is 0.226 e. The second-order valence-electron chi connectivity index (χ2n) is 5.18. The van der Waals surface area contributed by atoms with Gasteiger partial charge in [0.05, 0.1) is 24.0 Å². The Balaban J connectivity index is 1.57. The van der Waals surface area contributed by atoms with Crippen LogP contribution in [0.5, 0.6) is 5.75 Å². The highest BCUT2D eigenvalue weighted by molar-refractivity contribution is 5.90. The maximum atomic E-state index is 12.1. The van der Waals surface area contributed by atoms with Gasteiger partial charge < -0.3 is 14.6 Å². The summed E-state index contributed by atoms with van der Waals surface area (Å²) < 4.78 is 7.37. The molecule has 1 amide bonds. The lowest BCUT2D eigenvalue weighted by Gasteiger charge is -2.08. The highest BCUT2D eigenvalue weighted by Gasteiger charge is 2.06. The molecule has 5 heteroatoms. The van der Waals surface area contributed by atoms with Crippen molar-refractivity contribution in [3.8, 4) is 5.75 Å².